The molecule has 2 rings (SSSR count). The number of aromatic hydroxyl groups is 2. The van der Waals surface area contributed by atoms with Gasteiger partial charge in [-0.05, 0) is 24.1 Å². The third-order valence-electron chi connectivity index (χ3n) is 2.48. The van der Waals surface area contributed by atoms with Gasteiger partial charge in [-0.3, -0.25) is 14.9 Å². The van der Waals surface area contributed by atoms with Gasteiger partial charge in [-0.25, -0.2) is 4.79 Å². The van der Waals surface area contributed by atoms with E-state index in [1.165, 1.54) is 18.2 Å². The number of rotatable bonds is 3. The molecule has 1 aliphatic heterocycles. The van der Waals surface area contributed by atoms with Crippen LogP contribution in [-0.2, 0) is 16.0 Å². The first-order valence-electron chi connectivity index (χ1n) is 5.86. The van der Waals surface area contributed by atoms with Crippen LogP contribution in [-0.4, -0.2) is 45.8 Å². The molecule has 7 N–H and O–H groups in total. The zero-order valence-corrected chi connectivity index (χ0v) is 10.9. The summed E-state index contributed by atoms with van der Waals surface area (Å²) in [4.78, 5) is 30.5. The van der Waals surface area contributed by atoms with Crippen molar-refractivity contribution in [2.75, 3.05) is 6.54 Å². The van der Waals surface area contributed by atoms with E-state index in [2.05, 4.69) is 5.32 Å². The number of benzene rings is 1. The summed E-state index contributed by atoms with van der Waals surface area (Å²) in [5.74, 6) is -1.87. The maximum absolute atomic E-state index is 10.4. The number of hydrogen-bond donors (Lipinski definition) is 6. The average Bonchev–Trinajstić information content (AvgIpc) is 2.78. The van der Waals surface area contributed by atoms with Crippen LogP contribution in [0.1, 0.15) is 5.56 Å². The summed E-state index contributed by atoms with van der Waals surface area (Å²) in [7, 11) is 0. The van der Waals surface area contributed by atoms with Crippen molar-refractivity contribution in [1.29, 1.82) is 0 Å². The molecular formula is C12H15N3O6. The molecule has 1 aromatic rings. The Balaban J connectivity index is 0.000000262. The minimum Gasteiger partial charge on any atom is -0.504 e. The number of nitrogens with two attached hydrogens (primary N) is 1. The van der Waals surface area contributed by atoms with Crippen molar-refractivity contribution in [3.8, 4) is 11.5 Å². The maximum Gasteiger partial charge on any atom is 0.321 e. The van der Waals surface area contributed by atoms with Crippen LogP contribution >= 0.6 is 0 Å². The number of aliphatic carboxylic acids is 1. The Kier molecular flexibility index (Phi) is 5.49. The van der Waals surface area contributed by atoms with Crippen LogP contribution in [0.15, 0.2) is 18.2 Å². The fraction of sp³-hybridized carbons (Fsp3) is 0.250. The summed E-state index contributed by atoms with van der Waals surface area (Å²) in [5, 5.41) is 30.9. The fourth-order valence-electron chi connectivity index (χ4n) is 1.41. The summed E-state index contributed by atoms with van der Waals surface area (Å²) in [6, 6.07) is 2.69. The van der Waals surface area contributed by atoms with E-state index in [1.54, 1.807) is 0 Å². The molecule has 1 saturated heterocycles. The molecule has 1 fully saturated rings. The molecule has 0 saturated carbocycles. The standard InChI is InChI=1S/C9H11NO4.C3H4N2O2/c10-6(9(13)14)3-5-1-2-7(11)8(12)4-5;6-2-1-4-3(7)5-2/h1-2,4,6,11-12H,3,10H2,(H,13,14);1H2,(H2,4,5,6,7)/t6-;/m0./s1. The van der Waals surface area contributed by atoms with E-state index in [4.69, 9.17) is 21.1 Å². The van der Waals surface area contributed by atoms with Gasteiger partial charge in [0.2, 0.25) is 5.91 Å². The highest BCUT2D eigenvalue weighted by molar-refractivity contribution is 6.01. The van der Waals surface area contributed by atoms with Crippen molar-refractivity contribution in [2.24, 2.45) is 5.73 Å². The van der Waals surface area contributed by atoms with Gasteiger partial charge in [0.1, 0.15) is 6.04 Å². The van der Waals surface area contributed by atoms with Crippen LogP contribution in [0.5, 0.6) is 11.5 Å². The monoisotopic (exact) mass is 297 g/mol. The summed E-state index contributed by atoms with van der Waals surface area (Å²) in [5.41, 5.74) is 5.86. The van der Waals surface area contributed by atoms with Crippen LogP contribution in [0.4, 0.5) is 4.79 Å². The molecule has 1 aliphatic rings. The van der Waals surface area contributed by atoms with E-state index >= 15 is 0 Å². The van der Waals surface area contributed by atoms with Gasteiger partial charge in [0.25, 0.3) is 0 Å². The van der Waals surface area contributed by atoms with Crippen molar-refractivity contribution >= 4 is 17.9 Å². The molecule has 9 nitrogen and oxygen atoms in total. The Labute approximate surface area is 119 Å². The SMILES string of the molecule is N[C@@H](Cc1ccc(O)c(O)c1)C(=O)O.O=C1CNC(=O)N1. The first-order valence-corrected chi connectivity index (χ1v) is 5.86. The first-order chi connectivity index (χ1) is 9.79. The fourth-order valence-corrected chi connectivity index (χ4v) is 1.41. The molecule has 1 aromatic carbocycles. The van der Waals surface area contributed by atoms with Crippen molar-refractivity contribution in [3.63, 3.8) is 0 Å². The van der Waals surface area contributed by atoms with E-state index in [1.807, 2.05) is 5.32 Å². The van der Waals surface area contributed by atoms with E-state index in [-0.39, 0.29) is 30.4 Å². The third-order valence-corrected chi connectivity index (χ3v) is 2.48. The summed E-state index contributed by atoms with van der Waals surface area (Å²) in [6.07, 6.45) is 0.114. The molecule has 0 aliphatic carbocycles. The second-order valence-corrected chi connectivity index (χ2v) is 4.20. The molecular weight excluding hydrogens is 282 g/mol. The molecule has 0 radical (unpaired) electrons. The highest BCUT2D eigenvalue weighted by atomic mass is 16.4. The van der Waals surface area contributed by atoms with Gasteiger partial charge in [-0.15, -0.1) is 0 Å². The predicted molar refractivity (Wildman–Crippen MR) is 70.6 cm³/mol. The molecule has 3 amide bonds. The van der Waals surface area contributed by atoms with E-state index in [0.717, 1.165) is 0 Å². The normalized spacial score (nSPS) is 14.5. The van der Waals surface area contributed by atoms with Crippen LogP contribution in [0.2, 0.25) is 0 Å². The van der Waals surface area contributed by atoms with E-state index in [9.17, 15) is 14.4 Å². The molecule has 0 bridgehead atoms. The van der Waals surface area contributed by atoms with Crippen molar-refractivity contribution in [3.05, 3.63) is 23.8 Å². The van der Waals surface area contributed by atoms with Crippen molar-refractivity contribution in [2.45, 2.75) is 12.5 Å². The Hall–Kier alpha value is -2.81. The third kappa shape index (κ3) is 5.37. The van der Waals surface area contributed by atoms with Gasteiger partial charge in [0.15, 0.2) is 11.5 Å². The van der Waals surface area contributed by atoms with Crippen molar-refractivity contribution < 1.29 is 29.7 Å². The summed E-state index contributed by atoms with van der Waals surface area (Å²) >= 11 is 0. The summed E-state index contributed by atoms with van der Waals surface area (Å²) in [6.45, 7) is 0.124. The van der Waals surface area contributed by atoms with Gasteiger partial charge in [-0.1, -0.05) is 6.07 Å². The number of carboxylic acid groups (broad SMARTS) is 1. The lowest BCUT2D eigenvalue weighted by Crippen LogP contribution is -2.32. The highest BCUT2D eigenvalue weighted by Gasteiger charge is 2.14. The first kappa shape index (κ1) is 16.2. The Morgan fingerprint density at radius 1 is 1.29 bits per heavy atom. The lowest BCUT2D eigenvalue weighted by Gasteiger charge is -2.06. The van der Waals surface area contributed by atoms with Crippen molar-refractivity contribution in [1.82, 2.24) is 10.6 Å². The van der Waals surface area contributed by atoms with Crippen LogP contribution in [0.25, 0.3) is 0 Å². The average molecular weight is 297 g/mol. The minimum absolute atomic E-state index is 0.114. The number of carbonyl (C=O) groups excluding carboxylic acids is 2. The smallest absolute Gasteiger partial charge is 0.321 e. The van der Waals surface area contributed by atoms with E-state index in [0.29, 0.717) is 5.56 Å². The quantitative estimate of drug-likeness (QED) is 0.304. The number of hydrogen-bond acceptors (Lipinski definition) is 6. The topological polar surface area (TPSA) is 162 Å². The second kappa shape index (κ2) is 7.10. The zero-order chi connectivity index (χ0) is 16.0. The number of nitrogens with one attached hydrogen (secondary N) is 2. The number of phenols is 2. The van der Waals surface area contributed by atoms with E-state index < -0.39 is 18.0 Å². The second-order valence-electron chi connectivity index (χ2n) is 4.20. The molecule has 0 aromatic heterocycles. The van der Waals surface area contributed by atoms with Gasteiger partial charge < -0.3 is 26.4 Å². The molecule has 0 spiro atoms. The minimum atomic E-state index is -1.10. The molecule has 114 valence electrons. The van der Waals surface area contributed by atoms with Gasteiger partial charge in [-0.2, -0.15) is 0 Å². The lowest BCUT2D eigenvalue weighted by atomic mass is 10.1. The number of carboxylic acids is 1. The number of imide groups is 1. The molecule has 0 unspecified atom stereocenters. The largest absolute Gasteiger partial charge is 0.504 e. The lowest BCUT2D eigenvalue weighted by molar-refractivity contribution is -0.138. The van der Waals surface area contributed by atoms with Crippen LogP contribution < -0.4 is 16.4 Å². The Bertz CT molecular complexity index is 546. The predicted octanol–water partition coefficient (Wildman–Crippen LogP) is -1.12. The molecule has 9 heteroatoms. The molecule has 1 atom stereocenters. The number of carbonyl (C=O) groups is 3. The molecule has 1 heterocycles. The van der Waals surface area contributed by atoms with Crippen LogP contribution in [0.3, 0.4) is 0 Å². The maximum atomic E-state index is 10.4. The zero-order valence-electron chi connectivity index (χ0n) is 10.9. The number of amides is 3. The van der Waals surface area contributed by atoms with Crippen LogP contribution in [0, 0.1) is 0 Å². The summed E-state index contributed by atoms with van der Waals surface area (Å²) < 4.78 is 0. The Morgan fingerprint density at radius 3 is 2.33 bits per heavy atom. The van der Waals surface area contributed by atoms with Gasteiger partial charge in [0, 0.05) is 0 Å². The Morgan fingerprint density at radius 2 is 1.95 bits per heavy atom. The number of phenolic OH excluding ortho intramolecular Hbond substituents is 2. The van der Waals surface area contributed by atoms with Gasteiger partial charge >= 0.3 is 12.0 Å². The highest BCUT2D eigenvalue weighted by Crippen LogP contribution is 2.25. The number of urea groups is 1. The molecule has 21 heavy (non-hydrogen) atoms. The van der Waals surface area contributed by atoms with Gasteiger partial charge in [0.05, 0.1) is 6.54 Å².